The molecule has 8 heteroatoms. The Kier molecular flexibility index (Phi) is 4.32. The van der Waals surface area contributed by atoms with Crippen LogP contribution in [0.3, 0.4) is 0 Å². The van der Waals surface area contributed by atoms with Gasteiger partial charge in [-0.3, -0.25) is 0 Å². The molecule has 1 N–H and O–H groups in total. The van der Waals surface area contributed by atoms with Crippen LogP contribution in [-0.4, -0.2) is 4.86 Å². The Morgan fingerprint density at radius 2 is 1.67 bits per heavy atom. The number of anilines is 1. The van der Waals surface area contributed by atoms with E-state index in [2.05, 4.69) is 10.6 Å². The normalized spacial score (nSPS) is 12.3. The third-order valence-corrected chi connectivity index (χ3v) is 2.79. The van der Waals surface area contributed by atoms with E-state index >= 15 is 0 Å². The second-order valence-corrected chi connectivity index (χ2v) is 4.44. The van der Waals surface area contributed by atoms with E-state index in [9.17, 15) is 18.4 Å². The molecule has 0 fully saturated rings. The van der Waals surface area contributed by atoms with Crippen LogP contribution in [0.15, 0.2) is 53.8 Å². The fourth-order valence-electron chi connectivity index (χ4n) is 1.55. The largest absolute Gasteiger partial charge is 0.691 e. The second kappa shape index (κ2) is 6.01. The number of para-hydroxylation sites is 1. The number of alkyl halides is 3. The maximum Gasteiger partial charge on any atom is 0.420 e. The van der Waals surface area contributed by atoms with Crippen molar-refractivity contribution in [2.24, 2.45) is 5.22 Å². The Morgan fingerprint density at radius 1 is 1.05 bits per heavy atom. The average molecular weight is 316 g/mol. The lowest BCUT2D eigenvalue weighted by atomic mass is 10.2. The van der Waals surface area contributed by atoms with Crippen LogP contribution in [-0.2, 0) is 6.18 Å². The third-order valence-electron chi connectivity index (χ3n) is 2.54. The van der Waals surface area contributed by atoms with E-state index in [0.29, 0.717) is 5.02 Å². The zero-order valence-electron chi connectivity index (χ0n) is 10.4. The van der Waals surface area contributed by atoms with Gasteiger partial charge in [0.25, 0.3) is 0 Å². The summed E-state index contributed by atoms with van der Waals surface area (Å²) in [7, 11) is 0. The van der Waals surface area contributed by atoms with Crippen molar-refractivity contribution in [1.82, 2.24) is 0 Å². The van der Waals surface area contributed by atoms with Crippen molar-refractivity contribution in [1.29, 1.82) is 0 Å². The zero-order chi connectivity index (χ0) is 15.5. The van der Waals surface area contributed by atoms with E-state index in [4.69, 9.17) is 11.6 Å². The highest BCUT2D eigenvalue weighted by atomic mass is 35.5. The van der Waals surface area contributed by atoms with Crippen LogP contribution >= 0.6 is 11.6 Å². The van der Waals surface area contributed by atoms with Crippen LogP contribution in [0.4, 0.5) is 24.5 Å². The number of nitrogens with zero attached hydrogens (tertiary/aromatic N) is 2. The molecular formula is C13H9ClF3N3O. The molecule has 0 saturated carbocycles. The van der Waals surface area contributed by atoms with Gasteiger partial charge in [0.1, 0.15) is 5.56 Å². The molecule has 2 aromatic rings. The number of benzene rings is 2. The summed E-state index contributed by atoms with van der Waals surface area (Å²) in [6.07, 6.45) is -4.53. The maximum absolute atomic E-state index is 12.8. The predicted octanol–water partition coefficient (Wildman–Crippen LogP) is 4.98. The Morgan fingerprint density at radius 3 is 2.29 bits per heavy atom. The maximum atomic E-state index is 12.8. The lowest BCUT2D eigenvalue weighted by Gasteiger charge is -2.09. The molecule has 0 spiro atoms. The van der Waals surface area contributed by atoms with Gasteiger partial charge in [0, 0.05) is 5.02 Å². The van der Waals surface area contributed by atoms with Gasteiger partial charge in [-0.1, -0.05) is 23.7 Å². The van der Waals surface area contributed by atoms with E-state index in [0.717, 1.165) is 6.07 Å². The number of hydrogen-bond acceptors (Lipinski definition) is 2. The van der Waals surface area contributed by atoms with Gasteiger partial charge in [0.15, 0.2) is 11.4 Å². The first-order valence-corrected chi connectivity index (χ1v) is 6.11. The molecule has 0 radical (unpaired) electrons. The first kappa shape index (κ1) is 15.1. The highest BCUT2D eigenvalue weighted by molar-refractivity contribution is 6.30. The summed E-state index contributed by atoms with van der Waals surface area (Å²) >= 11 is 5.67. The SMILES string of the molecule is [O-]/[N+](=N\Nc1ccccc1C(F)(F)F)c1ccc(Cl)cc1. The van der Waals surface area contributed by atoms with Crippen LogP contribution in [0, 0.1) is 5.21 Å². The highest BCUT2D eigenvalue weighted by Crippen LogP contribution is 2.34. The second-order valence-electron chi connectivity index (χ2n) is 4.00. The Hall–Kier alpha value is -2.28. The fourth-order valence-corrected chi connectivity index (χ4v) is 1.68. The van der Waals surface area contributed by atoms with Gasteiger partial charge in [-0.15, -0.1) is 10.3 Å². The van der Waals surface area contributed by atoms with Crippen LogP contribution in [0.5, 0.6) is 0 Å². The van der Waals surface area contributed by atoms with Crippen LogP contribution in [0.1, 0.15) is 5.56 Å². The van der Waals surface area contributed by atoms with Crippen molar-refractivity contribution in [2.45, 2.75) is 6.18 Å². The fraction of sp³-hybridized carbons (Fsp3) is 0.0769. The molecule has 0 amide bonds. The average Bonchev–Trinajstić information content (AvgIpc) is 2.45. The van der Waals surface area contributed by atoms with Gasteiger partial charge in [-0.05, 0) is 36.4 Å². The molecule has 0 atom stereocenters. The molecule has 110 valence electrons. The minimum Gasteiger partial charge on any atom is -0.691 e. The molecule has 0 bridgehead atoms. The van der Waals surface area contributed by atoms with E-state index in [1.54, 1.807) is 0 Å². The lowest BCUT2D eigenvalue weighted by Crippen LogP contribution is -2.09. The summed E-state index contributed by atoms with van der Waals surface area (Å²) in [6.45, 7) is 0. The number of halogens is 4. The molecule has 0 heterocycles. The number of nitrogens with one attached hydrogen (secondary N) is 1. The van der Waals surface area contributed by atoms with Crippen molar-refractivity contribution in [2.75, 3.05) is 5.43 Å². The molecule has 0 aliphatic heterocycles. The lowest BCUT2D eigenvalue weighted by molar-refractivity contribution is -0.439. The minimum absolute atomic E-state index is 0.136. The molecule has 2 aromatic carbocycles. The summed E-state index contributed by atoms with van der Waals surface area (Å²) in [5.74, 6) is 0. The van der Waals surface area contributed by atoms with E-state index in [1.807, 2.05) is 0 Å². The smallest absolute Gasteiger partial charge is 0.420 e. The van der Waals surface area contributed by atoms with Crippen molar-refractivity contribution >= 4 is 23.0 Å². The van der Waals surface area contributed by atoms with Crippen LogP contribution < -0.4 is 5.43 Å². The van der Waals surface area contributed by atoms with E-state index in [-0.39, 0.29) is 16.2 Å². The van der Waals surface area contributed by atoms with E-state index in [1.165, 1.54) is 42.5 Å². The Bertz CT molecular complexity index is 656. The zero-order valence-corrected chi connectivity index (χ0v) is 11.2. The molecular weight excluding hydrogens is 307 g/mol. The van der Waals surface area contributed by atoms with Crippen molar-refractivity contribution in [3.05, 3.63) is 64.3 Å². The molecule has 0 saturated heterocycles. The van der Waals surface area contributed by atoms with Crippen molar-refractivity contribution in [3.63, 3.8) is 0 Å². The van der Waals surface area contributed by atoms with Gasteiger partial charge in [-0.2, -0.15) is 13.2 Å². The van der Waals surface area contributed by atoms with Crippen molar-refractivity contribution in [3.8, 4) is 0 Å². The van der Waals surface area contributed by atoms with Gasteiger partial charge in [-0.25, -0.2) is 0 Å². The Balaban J connectivity index is 2.23. The quantitative estimate of drug-likeness (QED) is 0.493. The summed E-state index contributed by atoms with van der Waals surface area (Å²) in [6, 6.07) is 10.5. The molecule has 2 rings (SSSR count). The summed E-state index contributed by atoms with van der Waals surface area (Å²) in [5.41, 5.74) is 1.04. The van der Waals surface area contributed by atoms with Crippen LogP contribution in [0.2, 0.25) is 5.02 Å². The van der Waals surface area contributed by atoms with Gasteiger partial charge in [0.05, 0.1) is 5.22 Å². The van der Waals surface area contributed by atoms with Crippen molar-refractivity contribution < 1.29 is 18.0 Å². The molecule has 4 nitrogen and oxygen atoms in total. The predicted molar refractivity (Wildman–Crippen MR) is 72.2 cm³/mol. The first-order chi connectivity index (χ1) is 9.88. The summed E-state index contributed by atoms with van der Waals surface area (Å²) in [5, 5.41) is 15.4. The molecule has 0 unspecified atom stereocenters. The van der Waals surface area contributed by atoms with Gasteiger partial charge in [0.2, 0.25) is 0 Å². The standard InChI is InChI=1S/C13H9ClF3N3O/c14-9-5-7-10(8-6-9)20(21)19-18-12-4-2-1-3-11(12)13(15,16)17/h1-8,18H/b20-19-. The molecule has 0 aliphatic carbocycles. The van der Waals surface area contributed by atoms with Crippen LogP contribution in [0.25, 0.3) is 0 Å². The molecule has 21 heavy (non-hydrogen) atoms. The summed E-state index contributed by atoms with van der Waals surface area (Å²) < 4.78 is 38.3. The van der Waals surface area contributed by atoms with E-state index < -0.39 is 11.7 Å². The van der Waals surface area contributed by atoms with Gasteiger partial charge < -0.3 is 5.21 Å². The number of hydrogen-bond donors (Lipinski definition) is 1. The minimum atomic E-state index is -4.53. The molecule has 0 aromatic heterocycles. The summed E-state index contributed by atoms with van der Waals surface area (Å²) in [4.78, 5) is 0.170. The monoisotopic (exact) mass is 315 g/mol. The number of rotatable bonds is 3. The van der Waals surface area contributed by atoms with Gasteiger partial charge >= 0.3 is 6.18 Å². The molecule has 0 aliphatic rings. The first-order valence-electron chi connectivity index (χ1n) is 5.73. The third kappa shape index (κ3) is 3.85. The highest BCUT2D eigenvalue weighted by Gasteiger charge is 2.34. The Labute approximate surface area is 123 Å². The topological polar surface area (TPSA) is 50.5 Å².